The van der Waals surface area contributed by atoms with Crippen molar-refractivity contribution in [2.45, 2.75) is 64.5 Å². The Morgan fingerprint density at radius 1 is 1.33 bits per heavy atom. The van der Waals surface area contributed by atoms with Crippen molar-refractivity contribution in [2.75, 3.05) is 6.54 Å². The van der Waals surface area contributed by atoms with E-state index in [1.807, 2.05) is 23.1 Å². The van der Waals surface area contributed by atoms with Crippen molar-refractivity contribution < 1.29 is 0 Å². The van der Waals surface area contributed by atoms with Gasteiger partial charge in [-0.15, -0.1) is 23.1 Å². The predicted octanol–water partition coefficient (Wildman–Crippen LogP) is 4.41. The molecule has 0 fully saturated rings. The highest BCUT2D eigenvalue weighted by Gasteiger charge is 2.16. The van der Waals surface area contributed by atoms with Gasteiger partial charge in [0, 0.05) is 21.9 Å². The van der Waals surface area contributed by atoms with E-state index in [4.69, 9.17) is 4.98 Å². The molecule has 0 spiro atoms. The molecule has 0 aliphatic heterocycles. The Hall–Kier alpha value is -0.0600. The van der Waals surface area contributed by atoms with Gasteiger partial charge in [-0.05, 0) is 12.5 Å². The van der Waals surface area contributed by atoms with Gasteiger partial charge in [-0.25, -0.2) is 4.98 Å². The van der Waals surface area contributed by atoms with Crippen LogP contribution in [-0.4, -0.2) is 16.3 Å². The van der Waals surface area contributed by atoms with Crippen molar-refractivity contribution in [3.63, 3.8) is 0 Å². The molecule has 0 aromatic carbocycles. The quantitative estimate of drug-likeness (QED) is 0.838. The van der Waals surface area contributed by atoms with Crippen LogP contribution in [0.15, 0.2) is 0 Å². The van der Waals surface area contributed by atoms with Crippen molar-refractivity contribution in [3.05, 3.63) is 15.6 Å². The first-order valence-electron chi connectivity index (χ1n) is 6.66. The lowest BCUT2D eigenvalue weighted by atomic mass is 10.1. The lowest BCUT2D eigenvalue weighted by Gasteiger charge is -2.16. The van der Waals surface area contributed by atoms with Gasteiger partial charge in [-0.1, -0.05) is 41.5 Å². The number of thioether (sulfide) groups is 1. The molecule has 0 aliphatic carbocycles. The summed E-state index contributed by atoms with van der Waals surface area (Å²) in [4.78, 5) is 6.24. The van der Waals surface area contributed by atoms with Crippen molar-refractivity contribution in [1.82, 2.24) is 10.3 Å². The van der Waals surface area contributed by atoms with Crippen LogP contribution in [0.2, 0.25) is 0 Å². The van der Waals surface area contributed by atoms with Gasteiger partial charge in [0.1, 0.15) is 5.01 Å². The number of rotatable bonds is 6. The van der Waals surface area contributed by atoms with E-state index in [-0.39, 0.29) is 0 Å². The summed E-state index contributed by atoms with van der Waals surface area (Å²) < 4.78 is 0.311. The SMILES string of the molecule is CCNCc1sc(CSC(C)(C)C)nc1C(C)C. The first-order chi connectivity index (χ1) is 8.33. The fourth-order valence-electron chi connectivity index (χ4n) is 1.57. The lowest BCUT2D eigenvalue weighted by molar-refractivity contribution is 0.713. The molecule has 0 saturated carbocycles. The van der Waals surface area contributed by atoms with Gasteiger partial charge in [0.25, 0.3) is 0 Å². The van der Waals surface area contributed by atoms with Gasteiger partial charge in [-0.2, -0.15) is 0 Å². The molecule has 2 nitrogen and oxygen atoms in total. The second kappa shape index (κ2) is 6.92. The van der Waals surface area contributed by atoms with Gasteiger partial charge in [0.15, 0.2) is 0 Å². The van der Waals surface area contributed by atoms with Crippen LogP contribution in [0.3, 0.4) is 0 Å². The maximum atomic E-state index is 4.82. The third-order valence-electron chi connectivity index (χ3n) is 2.48. The molecule has 0 aliphatic rings. The average molecular weight is 287 g/mol. The van der Waals surface area contributed by atoms with E-state index in [2.05, 4.69) is 46.9 Å². The van der Waals surface area contributed by atoms with Crippen LogP contribution in [0.4, 0.5) is 0 Å². The molecule has 0 amide bonds. The van der Waals surface area contributed by atoms with Crippen LogP contribution in [0.25, 0.3) is 0 Å². The summed E-state index contributed by atoms with van der Waals surface area (Å²) in [7, 11) is 0. The number of hydrogen-bond acceptors (Lipinski definition) is 4. The summed E-state index contributed by atoms with van der Waals surface area (Å²) in [6, 6.07) is 0. The lowest BCUT2D eigenvalue weighted by Crippen LogP contribution is -2.12. The zero-order valence-corrected chi connectivity index (χ0v) is 14.1. The molecule has 18 heavy (non-hydrogen) atoms. The molecule has 0 bridgehead atoms. The highest BCUT2D eigenvalue weighted by atomic mass is 32.2. The Labute approximate surface area is 120 Å². The topological polar surface area (TPSA) is 24.9 Å². The average Bonchev–Trinajstić information content (AvgIpc) is 2.66. The zero-order chi connectivity index (χ0) is 13.8. The second-order valence-electron chi connectivity index (χ2n) is 5.75. The van der Waals surface area contributed by atoms with Gasteiger partial charge >= 0.3 is 0 Å². The predicted molar refractivity (Wildman–Crippen MR) is 84.6 cm³/mol. The highest BCUT2D eigenvalue weighted by Crippen LogP contribution is 2.32. The molecule has 1 heterocycles. The highest BCUT2D eigenvalue weighted by molar-refractivity contribution is 7.99. The van der Waals surface area contributed by atoms with E-state index in [9.17, 15) is 0 Å². The second-order valence-corrected chi connectivity index (χ2v) is 8.72. The Morgan fingerprint density at radius 2 is 2.00 bits per heavy atom. The Morgan fingerprint density at radius 3 is 2.50 bits per heavy atom. The van der Waals surface area contributed by atoms with Crippen LogP contribution < -0.4 is 5.32 Å². The smallest absolute Gasteiger partial charge is 0.103 e. The summed E-state index contributed by atoms with van der Waals surface area (Å²) in [5.41, 5.74) is 1.28. The van der Waals surface area contributed by atoms with Crippen LogP contribution in [0.5, 0.6) is 0 Å². The molecule has 104 valence electrons. The van der Waals surface area contributed by atoms with Crippen molar-refractivity contribution >= 4 is 23.1 Å². The maximum absolute atomic E-state index is 4.82. The number of nitrogens with zero attached hydrogens (tertiary/aromatic N) is 1. The fourth-order valence-corrected chi connectivity index (χ4v) is 3.59. The summed E-state index contributed by atoms with van der Waals surface area (Å²) in [6.07, 6.45) is 0. The first-order valence-corrected chi connectivity index (χ1v) is 8.47. The Kier molecular flexibility index (Phi) is 6.15. The molecule has 4 heteroatoms. The van der Waals surface area contributed by atoms with Crippen LogP contribution >= 0.6 is 23.1 Å². The molecule has 1 aromatic heterocycles. The summed E-state index contributed by atoms with van der Waals surface area (Å²) in [5, 5.41) is 4.68. The molecule has 1 aromatic rings. The minimum absolute atomic E-state index is 0.311. The van der Waals surface area contributed by atoms with E-state index in [0.29, 0.717) is 10.7 Å². The largest absolute Gasteiger partial charge is 0.312 e. The third kappa shape index (κ3) is 5.29. The molecule has 0 saturated heterocycles. The Bertz CT molecular complexity index is 364. The van der Waals surface area contributed by atoms with Crippen LogP contribution in [0.1, 0.15) is 63.0 Å². The monoisotopic (exact) mass is 286 g/mol. The van der Waals surface area contributed by atoms with E-state index in [1.54, 1.807) is 0 Å². The molecule has 0 radical (unpaired) electrons. The molecule has 0 unspecified atom stereocenters. The number of nitrogens with one attached hydrogen (secondary N) is 1. The summed E-state index contributed by atoms with van der Waals surface area (Å²) in [5.74, 6) is 1.54. The third-order valence-corrected chi connectivity index (χ3v) is 5.02. The van der Waals surface area contributed by atoms with Crippen molar-refractivity contribution in [1.29, 1.82) is 0 Å². The first kappa shape index (κ1) is 16.0. The number of hydrogen-bond donors (Lipinski definition) is 1. The molecule has 1 N–H and O–H groups in total. The molecule has 0 atom stereocenters. The van der Waals surface area contributed by atoms with Crippen LogP contribution in [-0.2, 0) is 12.3 Å². The summed E-state index contributed by atoms with van der Waals surface area (Å²) in [6.45, 7) is 15.3. The maximum Gasteiger partial charge on any atom is 0.103 e. The Balaban J connectivity index is 2.75. The molecular formula is C14H26N2S2. The van der Waals surface area contributed by atoms with Gasteiger partial charge in [0.05, 0.1) is 5.69 Å². The van der Waals surface area contributed by atoms with Gasteiger partial charge in [0.2, 0.25) is 0 Å². The number of thiazole rings is 1. The van der Waals surface area contributed by atoms with Crippen molar-refractivity contribution in [2.24, 2.45) is 0 Å². The van der Waals surface area contributed by atoms with Gasteiger partial charge in [-0.3, -0.25) is 0 Å². The standard InChI is InChI=1S/C14H26N2S2/c1-7-15-8-11-13(10(2)3)16-12(18-11)9-17-14(4,5)6/h10,15H,7-9H2,1-6H3. The minimum Gasteiger partial charge on any atom is -0.312 e. The van der Waals surface area contributed by atoms with E-state index < -0.39 is 0 Å². The summed E-state index contributed by atoms with van der Waals surface area (Å²) >= 11 is 3.85. The van der Waals surface area contributed by atoms with Crippen LogP contribution in [0, 0.1) is 0 Å². The van der Waals surface area contributed by atoms with Gasteiger partial charge < -0.3 is 5.32 Å². The minimum atomic E-state index is 0.311. The van der Waals surface area contributed by atoms with E-state index in [1.165, 1.54) is 15.6 Å². The normalized spacial score (nSPS) is 12.4. The van der Waals surface area contributed by atoms with E-state index in [0.717, 1.165) is 18.8 Å². The van der Waals surface area contributed by atoms with Crippen molar-refractivity contribution in [3.8, 4) is 0 Å². The fraction of sp³-hybridized carbons (Fsp3) is 0.786. The number of aromatic nitrogens is 1. The molecule has 1 rings (SSSR count). The zero-order valence-electron chi connectivity index (χ0n) is 12.5. The molecular weight excluding hydrogens is 260 g/mol. The van der Waals surface area contributed by atoms with E-state index >= 15 is 0 Å².